The van der Waals surface area contributed by atoms with Gasteiger partial charge in [0, 0.05) is 12.6 Å². The van der Waals surface area contributed by atoms with Gasteiger partial charge in [0.25, 0.3) is 15.7 Å². The SMILES string of the molecule is O=C(O)CCN(c1ccccc1Cl)S(=O)(=O)c1ccccc1[N+](=O)[O-]. The standard InChI is InChI=1S/C15H13ClN2O6S/c16-11-5-1-2-6-12(11)17(10-9-15(19)20)25(23,24)14-8-4-3-7-13(14)18(21)22/h1-8H,9-10H2,(H,19,20). The van der Waals surface area contributed by atoms with Gasteiger partial charge in [0.1, 0.15) is 0 Å². The van der Waals surface area contributed by atoms with Crippen molar-refractivity contribution in [3.8, 4) is 0 Å². The van der Waals surface area contributed by atoms with E-state index in [0.29, 0.717) is 0 Å². The van der Waals surface area contributed by atoms with Crippen LogP contribution in [0.25, 0.3) is 0 Å². The number of carboxylic acids is 1. The summed E-state index contributed by atoms with van der Waals surface area (Å²) in [6.45, 7) is -0.423. The van der Waals surface area contributed by atoms with Crippen molar-refractivity contribution in [3.63, 3.8) is 0 Å². The molecule has 1 N–H and O–H groups in total. The first kappa shape index (κ1) is 18.7. The Labute approximate surface area is 148 Å². The van der Waals surface area contributed by atoms with Crippen LogP contribution < -0.4 is 4.31 Å². The highest BCUT2D eigenvalue weighted by molar-refractivity contribution is 7.93. The Bertz CT molecular complexity index is 916. The summed E-state index contributed by atoms with van der Waals surface area (Å²) in [6.07, 6.45) is -0.495. The van der Waals surface area contributed by atoms with Crippen LogP contribution in [0.3, 0.4) is 0 Å². The lowest BCUT2D eigenvalue weighted by atomic mass is 10.3. The van der Waals surface area contributed by atoms with Crippen molar-refractivity contribution < 1.29 is 23.2 Å². The molecule has 0 aliphatic carbocycles. The number of carbonyl (C=O) groups is 1. The van der Waals surface area contributed by atoms with Crippen LogP contribution in [-0.2, 0) is 14.8 Å². The molecule has 0 unspecified atom stereocenters. The first-order valence-corrected chi connectivity index (χ1v) is 8.79. The minimum atomic E-state index is -4.40. The number of nitro benzene ring substituents is 1. The number of benzene rings is 2. The molecule has 132 valence electrons. The number of nitrogens with zero attached hydrogens (tertiary/aromatic N) is 2. The van der Waals surface area contributed by atoms with Crippen LogP contribution in [0.4, 0.5) is 11.4 Å². The number of rotatable bonds is 7. The lowest BCUT2D eigenvalue weighted by molar-refractivity contribution is -0.387. The summed E-state index contributed by atoms with van der Waals surface area (Å²) in [6, 6.07) is 10.8. The Morgan fingerprint density at radius 3 is 2.36 bits per heavy atom. The smallest absolute Gasteiger partial charge is 0.305 e. The van der Waals surface area contributed by atoms with Crippen LogP contribution in [0, 0.1) is 10.1 Å². The van der Waals surface area contributed by atoms with Gasteiger partial charge in [-0.05, 0) is 18.2 Å². The third-order valence-electron chi connectivity index (χ3n) is 3.28. The first-order chi connectivity index (χ1) is 11.7. The fraction of sp³-hybridized carbons (Fsp3) is 0.133. The zero-order chi connectivity index (χ0) is 18.6. The quantitative estimate of drug-likeness (QED) is 0.579. The van der Waals surface area contributed by atoms with Crippen LogP contribution >= 0.6 is 11.6 Å². The third kappa shape index (κ3) is 4.06. The second-order valence-corrected chi connectivity index (χ2v) is 7.14. The Hall–Kier alpha value is -2.65. The topological polar surface area (TPSA) is 118 Å². The number of nitro groups is 1. The largest absolute Gasteiger partial charge is 0.481 e. The zero-order valence-electron chi connectivity index (χ0n) is 12.7. The molecule has 0 heterocycles. The molecule has 0 aliphatic heterocycles. The monoisotopic (exact) mass is 384 g/mol. The maximum Gasteiger partial charge on any atom is 0.305 e. The normalized spacial score (nSPS) is 11.1. The molecule has 0 aliphatic rings. The maximum atomic E-state index is 13.0. The van der Waals surface area contributed by atoms with E-state index in [-0.39, 0.29) is 10.7 Å². The summed E-state index contributed by atoms with van der Waals surface area (Å²) in [5.74, 6) is -1.21. The van der Waals surface area contributed by atoms with Gasteiger partial charge in [-0.1, -0.05) is 35.9 Å². The molecule has 2 aromatic rings. The average Bonchev–Trinajstić information content (AvgIpc) is 2.56. The maximum absolute atomic E-state index is 13.0. The van der Waals surface area contributed by atoms with Crippen molar-refractivity contribution in [1.29, 1.82) is 0 Å². The van der Waals surface area contributed by atoms with Crippen LogP contribution in [0.5, 0.6) is 0 Å². The first-order valence-electron chi connectivity index (χ1n) is 6.97. The number of carboxylic acid groups (broad SMARTS) is 1. The van der Waals surface area contributed by atoms with Gasteiger partial charge in [0.2, 0.25) is 0 Å². The van der Waals surface area contributed by atoms with Crippen LogP contribution in [-0.4, -0.2) is 31.0 Å². The van der Waals surface area contributed by atoms with E-state index in [2.05, 4.69) is 0 Å². The summed E-state index contributed by atoms with van der Waals surface area (Å²) in [4.78, 5) is 20.7. The Balaban J connectivity index is 2.62. The highest BCUT2D eigenvalue weighted by Gasteiger charge is 2.32. The summed E-state index contributed by atoms with van der Waals surface area (Å²) in [5, 5.41) is 20.1. The predicted octanol–water partition coefficient (Wildman–Crippen LogP) is 2.92. The molecule has 10 heteroatoms. The average molecular weight is 385 g/mol. The molecular weight excluding hydrogens is 372 g/mol. The molecule has 0 fully saturated rings. The van der Waals surface area contributed by atoms with Gasteiger partial charge in [-0.3, -0.25) is 19.2 Å². The van der Waals surface area contributed by atoms with E-state index in [1.165, 1.54) is 30.3 Å². The molecule has 8 nitrogen and oxygen atoms in total. The van der Waals surface area contributed by atoms with Crippen LogP contribution in [0.15, 0.2) is 53.4 Å². The van der Waals surface area contributed by atoms with E-state index >= 15 is 0 Å². The summed E-state index contributed by atoms with van der Waals surface area (Å²) < 4.78 is 26.8. The van der Waals surface area contributed by atoms with Gasteiger partial charge in [0.15, 0.2) is 4.90 Å². The molecule has 0 saturated carbocycles. The Morgan fingerprint density at radius 1 is 1.16 bits per heavy atom. The van der Waals surface area contributed by atoms with Crippen LogP contribution in [0.2, 0.25) is 5.02 Å². The van der Waals surface area contributed by atoms with Gasteiger partial charge in [-0.15, -0.1) is 0 Å². The fourth-order valence-electron chi connectivity index (χ4n) is 2.17. The van der Waals surface area contributed by atoms with E-state index in [0.717, 1.165) is 16.4 Å². The molecule has 0 bridgehead atoms. The molecule has 0 aromatic heterocycles. The van der Waals surface area contributed by atoms with E-state index < -0.39 is 44.5 Å². The fourth-order valence-corrected chi connectivity index (χ4v) is 4.10. The number of sulfonamides is 1. The van der Waals surface area contributed by atoms with Crippen LogP contribution in [0.1, 0.15) is 6.42 Å². The number of anilines is 1. The molecule has 0 amide bonds. The lowest BCUT2D eigenvalue weighted by Crippen LogP contribution is -2.33. The molecule has 0 spiro atoms. The molecule has 0 radical (unpaired) electrons. The molecule has 2 rings (SSSR count). The zero-order valence-corrected chi connectivity index (χ0v) is 14.3. The summed E-state index contributed by atoms with van der Waals surface area (Å²) in [5.41, 5.74) is -0.557. The van der Waals surface area contributed by atoms with Crippen molar-refractivity contribution in [2.24, 2.45) is 0 Å². The number of para-hydroxylation sites is 2. The van der Waals surface area contributed by atoms with Gasteiger partial charge in [-0.25, -0.2) is 8.42 Å². The number of hydrogen-bond donors (Lipinski definition) is 1. The number of aliphatic carboxylic acids is 1. The predicted molar refractivity (Wildman–Crippen MR) is 91.3 cm³/mol. The molecule has 2 aromatic carbocycles. The molecule has 0 atom stereocenters. The van der Waals surface area contributed by atoms with Crippen molar-refractivity contribution >= 4 is 39.0 Å². The van der Waals surface area contributed by atoms with E-state index in [1.54, 1.807) is 6.07 Å². The Morgan fingerprint density at radius 2 is 1.76 bits per heavy atom. The van der Waals surface area contributed by atoms with Crippen molar-refractivity contribution in [2.45, 2.75) is 11.3 Å². The molecule has 25 heavy (non-hydrogen) atoms. The van der Waals surface area contributed by atoms with Crippen molar-refractivity contribution in [2.75, 3.05) is 10.8 Å². The second kappa shape index (κ2) is 7.49. The van der Waals surface area contributed by atoms with Gasteiger partial charge >= 0.3 is 5.97 Å². The highest BCUT2D eigenvalue weighted by Crippen LogP contribution is 2.33. The second-order valence-electron chi connectivity index (χ2n) is 4.90. The van der Waals surface area contributed by atoms with E-state index in [1.807, 2.05) is 0 Å². The Kier molecular flexibility index (Phi) is 5.60. The van der Waals surface area contributed by atoms with Gasteiger partial charge in [-0.2, -0.15) is 0 Å². The highest BCUT2D eigenvalue weighted by atomic mass is 35.5. The van der Waals surface area contributed by atoms with E-state index in [9.17, 15) is 23.3 Å². The lowest BCUT2D eigenvalue weighted by Gasteiger charge is -2.24. The minimum absolute atomic E-state index is 0.0450. The van der Waals surface area contributed by atoms with Gasteiger partial charge < -0.3 is 5.11 Å². The van der Waals surface area contributed by atoms with E-state index in [4.69, 9.17) is 16.7 Å². The third-order valence-corrected chi connectivity index (χ3v) is 5.46. The summed E-state index contributed by atoms with van der Waals surface area (Å²) >= 11 is 6.04. The number of hydrogen-bond acceptors (Lipinski definition) is 5. The van der Waals surface area contributed by atoms with Crippen molar-refractivity contribution in [3.05, 3.63) is 63.7 Å². The van der Waals surface area contributed by atoms with Gasteiger partial charge in [0.05, 0.1) is 22.1 Å². The number of halogens is 1. The molecule has 0 saturated heterocycles. The minimum Gasteiger partial charge on any atom is -0.481 e. The van der Waals surface area contributed by atoms with Crippen molar-refractivity contribution in [1.82, 2.24) is 0 Å². The molecular formula is C15H13ClN2O6S. The summed E-state index contributed by atoms with van der Waals surface area (Å²) in [7, 11) is -4.40.